The molecule has 1 atom stereocenters. The topological polar surface area (TPSA) is 86.3 Å². The Kier molecular flexibility index (Phi) is 5.83. The van der Waals surface area contributed by atoms with Crippen LogP contribution in [0.4, 0.5) is 10.2 Å². The highest BCUT2D eigenvalue weighted by molar-refractivity contribution is 5.94. The minimum absolute atomic E-state index is 0.137. The summed E-state index contributed by atoms with van der Waals surface area (Å²) in [7, 11) is 0. The van der Waals surface area contributed by atoms with E-state index in [-0.39, 0.29) is 5.54 Å². The summed E-state index contributed by atoms with van der Waals surface area (Å²) < 4.78 is 13.5. The van der Waals surface area contributed by atoms with Crippen LogP contribution in [-0.4, -0.2) is 34.7 Å². The molecule has 1 aliphatic rings. The van der Waals surface area contributed by atoms with E-state index in [0.29, 0.717) is 11.4 Å². The zero-order chi connectivity index (χ0) is 19.3. The second kappa shape index (κ2) is 8.28. The van der Waals surface area contributed by atoms with Crippen LogP contribution in [0, 0.1) is 6.92 Å². The fourth-order valence-electron chi connectivity index (χ4n) is 3.24. The van der Waals surface area contributed by atoms with E-state index in [1.807, 2.05) is 0 Å². The smallest absolute Gasteiger partial charge is 0.303 e. The van der Waals surface area contributed by atoms with Crippen molar-refractivity contribution >= 4 is 17.8 Å². The fourth-order valence-corrected chi connectivity index (χ4v) is 3.24. The number of pyridine rings is 1. The first kappa shape index (κ1) is 19.0. The van der Waals surface area contributed by atoms with Gasteiger partial charge in [-0.1, -0.05) is 29.8 Å². The number of nitrogens with zero attached hydrogens (tertiary/aromatic N) is 1. The monoisotopic (exact) mass is 370 g/mol. The van der Waals surface area contributed by atoms with Crippen LogP contribution in [0.15, 0.2) is 48.4 Å². The SMILES string of the molecule is Cc1ccc(C[C@@]2(Nc3ccc(/C=C(\F)C(=O)NO)cn3)CCNC2)cc1. The van der Waals surface area contributed by atoms with E-state index in [0.717, 1.165) is 32.0 Å². The standard InChI is InChI=1S/C20H23FN4O2/c1-14-2-4-15(5-3-14)11-20(8-9-22-13-20)24-18-7-6-16(12-23-18)10-17(21)19(26)25-27/h2-7,10,12,22,27H,8-9,11,13H2,1H3,(H,23,24)(H,25,26)/b17-10-/t20-/m0/s1. The predicted octanol–water partition coefficient (Wildman–Crippen LogP) is 2.59. The number of hydroxylamine groups is 1. The molecule has 1 aliphatic heterocycles. The number of benzene rings is 1. The molecule has 0 radical (unpaired) electrons. The summed E-state index contributed by atoms with van der Waals surface area (Å²) in [4.78, 5) is 15.3. The molecule has 2 heterocycles. The maximum Gasteiger partial charge on any atom is 0.303 e. The van der Waals surface area contributed by atoms with Crippen LogP contribution in [0.2, 0.25) is 0 Å². The Morgan fingerprint density at radius 3 is 2.70 bits per heavy atom. The van der Waals surface area contributed by atoms with Gasteiger partial charge < -0.3 is 10.6 Å². The van der Waals surface area contributed by atoms with Gasteiger partial charge in [-0.25, -0.2) is 14.9 Å². The first-order valence-corrected chi connectivity index (χ1v) is 8.82. The number of anilines is 1. The van der Waals surface area contributed by atoms with Gasteiger partial charge in [0.2, 0.25) is 0 Å². The number of hydrogen-bond donors (Lipinski definition) is 4. The molecule has 4 N–H and O–H groups in total. The third-order valence-corrected chi connectivity index (χ3v) is 4.70. The molecule has 7 heteroatoms. The molecule has 1 aromatic carbocycles. The van der Waals surface area contributed by atoms with Crippen molar-refractivity contribution in [2.75, 3.05) is 18.4 Å². The molecular weight excluding hydrogens is 347 g/mol. The van der Waals surface area contributed by atoms with Crippen LogP contribution in [0.5, 0.6) is 0 Å². The van der Waals surface area contributed by atoms with Gasteiger partial charge in [0.15, 0.2) is 5.83 Å². The van der Waals surface area contributed by atoms with Crippen molar-refractivity contribution in [3.05, 3.63) is 65.1 Å². The fraction of sp³-hybridized carbons (Fsp3) is 0.300. The largest absolute Gasteiger partial charge is 0.363 e. The first-order chi connectivity index (χ1) is 13.0. The molecular formula is C20H23FN4O2. The first-order valence-electron chi connectivity index (χ1n) is 8.82. The Morgan fingerprint density at radius 1 is 1.33 bits per heavy atom. The van der Waals surface area contributed by atoms with Crippen molar-refractivity contribution in [3.8, 4) is 0 Å². The maximum atomic E-state index is 13.5. The maximum absolute atomic E-state index is 13.5. The number of aryl methyl sites for hydroxylation is 1. The van der Waals surface area contributed by atoms with Gasteiger partial charge in [0, 0.05) is 12.7 Å². The van der Waals surface area contributed by atoms with E-state index in [4.69, 9.17) is 5.21 Å². The van der Waals surface area contributed by atoms with Gasteiger partial charge in [0.25, 0.3) is 0 Å². The summed E-state index contributed by atoms with van der Waals surface area (Å²) in [6, 6.07) is 11.9. The van der Waals surface area contributed by atoms with Crippen molar-refractivity contribution in [2.45, 2.75) is 25.3 Å². The summed E-state index contributed by atoms with van der Waals surface area (Å²) in [6.45, 7) is 3.83. The Morgan fingerprint density at radius 2 is 2.11 bits per heavy atom. The number of aromatic nitrogens is 1. The Labute approximate surface area is 157 Å². The van der Waals surface area contributed by atoms with Crippen molar-refractivity contribution in [2.24, 2.45) is 0 Å². The average Bonchev–Trinajstić information content (AvgIpc) is 3.12. The molecule has 0 aliphatic carbocycles. The van der Waals surface area contributed by atoms with Crippen molar-refractivity contribution in [1.82, 2.24) is 15.8 Å². The number of rotatable bonds is 6. The third kappa shape index (κ3) is 4.90. The Bertz CT molecular complexity index is 813. The lowest BCUT2D eigenvalue weighted by Gasteiger charge is -2.30. The van der Waals surface area contributed by atoms with Crippen molar-refractivity contribution in [1.29, 1.82) is 0 Å². The molecule has 0 spiro atoms. The second-order valence-electron chi connectivity index (χ2n) is 6.90. The number of halogens is 1. The highest BCUT2D eigenvalue weighted by Crippen LogP contribution is 2.25. The van der Waals surface area contributed by atoms with Crippen molar-refractivity contribution < 1.29 is 14.4 Å². The van der Waals surface area contributed by atoms with Gasteiger partial charge in [-0.3, -0.25) is 10.0 Å². The van der Waals surface area contributed by atoms with Crippen LogP contribution in [-0.2, 0) is 11.2 Å². The third-order valence-electron chi connectivity index (χ3n) is 4.70. The number of carbonyl (C=O) groups is 1. The van der Waals surface area contributed by atoms with Crippen LogP contribution in [0.3, 0.4) is 0 Å². The van der Waals surface area contributed by atoms with E-state index < -0.39 is 11.7 Å². The van der Waals surface area contributed by atoms with E-state index >= 15 is 0 Å². The normalized spacial score (nSPS) is 19.7. The summed E-state index contributed by atoms with van der Waals surface area (Å²) in [5, 5.41) is 15.4. The lowest BCUT2D eigenvalue weighted by atomic mass is 9.89. The quantitative estimate of drug-likeness (QED) is 0.357. The molecule has 2 aromatic rings. The van der Waals surface area contributed by atoms with Gasteiger partial charge in [0.05, 0.1) is 5.54 Å². The minimum atomic E-state index is -1.19. The van der Waals surface area contributed by atoms with E-state index in [1.54, 1.807) is 12.1 Å². The number of nitrogens with one attached hydrogen (secondary N) is 3. The van der Waals surface area contributed by atoms with Crippen LogP contribution < -0.4 is 16.1 Å². The molecule has 27 heavy (non-hydrogen) atoms. The lowest BCUT2D eigenvalue weighted by molar-refractivity contribution is -0.126. The van der Waals surface area contributed by atoms with Crippen LogP contribution >= 0.6 is 0 Å². The zero-order valence-corrected chi connectivity index (χ0v) is 15.1. The summed E-state index contributed by atoms with van der Waals surface area (Å²) in [6.07, 6.45) is 4.33. The van der Waals surface area contributed by atoms with Gasteiger partial charge in [-0.2, -0.15) is 0 Å². The highest BCUT2D eigenvalue weighted by atomic mass is 19.1. The molecule has 1 fully saturated rings. The molecule has 0 unspecified atom stereocenters. The van der Waals surface area contributed by atoms with E-state index in [2.05, 4.69) is 46.8 Å². The number of carbonyl (C=O) groups excluding carboxylic acids is 1. The highest BCUT2D eigenvalue weighted by Gasteiger charge is 2.34. The molecule has 1 saturated heterocycles. The van der Waals surface area contributed by atoms with Crippen LogP contribution in [0.25, 0.3) is 6.08 Å². The second-order valence-corrected chi connectivity index (χ2v) is 6.90. The zero-order valence-electron chi connectivity index (χ0n) is 15.1. The van der Waals surface area contributed by atoms with E-state index in [1.165, 1.54) is 22.8 Å². The van der Waals surface area contributed by atoms with Gasteiger partial charge in [-0.15, -0.1) is 0 Å². The number of hydrogen-bond acceptors (Lipinski definition) is 5. The molecule has 6 nitrogen and oxygen atoms in total. The molecule has 0 saturated carbocycles. The van der Waals surface area contributed by atoms with Gasteiger partial charge >= 0.3 is 5.91 Å². The molecule has 1 aromatic heterocycles. The average molecular weight is 370 g/mol. The molecule has 1 amide bonds. The summed E-state index contributed by atoms with van der Waals surface area (Å²) in [5.74, 6) is -1.59. The predicted molar refractivity (Wildman–Crippen MR) is 102 cm³/mol. The van der Waals surface area contributed by atoms with Gasteiger partial charge in [-0.05, 0) is 55.6 Å². The lowest BCUT2D eigenvalue weighted by Crippen LogP contribution is -2.43. The minimum Gasteiger partial charge on any atom is -0.363 e. The number of amides is 1. The van der Waals surface area contributed by atoms with E-state index in [9.17, 15) is 9.18 Å². The molecule has 142 valence electrons. The van der Waals surface area contributed by atoms with Crippen LogP contribution in [0.1, 0.15) is 23.1 Å². The van der Waals surface area contributed by atoms with Crippen molar-refractivity contribution in [3.63, 3.8) is 0 Å². The summed E-state index contributed by atoms with van der Waals surface area (Å²) in [5.41, 5.74) is 4.04. The summed E-state index contributed by atoms with van der Waals surface area (Å²) >= 11 is 0. The molecule has 0 bridgehead atoms. The Balaban J connectivity index is 1.73. The molecule has 3 rings (SSSR count). The Hall–Kier alpha value is -2.77. The van der Waals surface area contributed by atoms with Gasteiger partial charge in [0.1, 0.15) is 5.82 Å².